The van der Waals surface area contributed by atoms with E-state index in [0.29, 0.717) is 5.75 Å². The molecule has 0 radical (unpaired) electrons. The van der Waals surface area contributed by atoms with Crippen molar-refractivity contribution in [2.24, 2.45) is 0 Å². The summed E-state index contributed by atoms with van der Waals surface area (Å²) in [5.41, 5.74) is 4.47. The topological polar surface area (TPSA) is 47.6 Å². The lowest BCUT2D eigenvalue weighted by Crippen LogP contribution is -2.38. The van der Waals surface area contributed by atoms with Crippen LogP contribution in [0.5, 0.6) is 11.5 Å². The van der Waals surface area contributed by atoms with Crippen LogP contribution in [0.2, 0.25) is 0 Å². The smallest absolute Gasteiger partial charge is 0.261 e. The van der Waals surface area contributed by atoms with E-state index in [1.54, 1.807) is 14.0 Å². The molecule has 2 rings (SSSR count). The van der Waals surface area contributed by atoms with Gasteiger partial charge in [-0.3, -0.25) is 4.79 Å². The minimum Gasteiger partial charge on any atom is -0.496 e. The number of methoxy groups -OCH3 is 1. The van der Waals surface area contributed by atoms with E-state index in [-0.39, 0.29) is 11.9 Å². The molecule has 0 bridgehead atoms. The van der Waals surface area contributed by atoms with E-state index in [4.69, 9.17) is 9.47 Å². The first-order valence-electron chi connectivity index (χ1n) is 9.04. The number of hydrogen-bond donors (Lipinski definition) is 1. The van der Waals surface area contributed by atoms with E-state index in [1.165, 1.54) is 5.56 Å². The van der Waals surface area contributed by atoms with Crippen molar-refractivity contribution in [1.29, 1.82) is 0 Å². The number of carbonyl (C=O) groups is 1. The van der Waals surface area contributed by atoms with E-state index in [9.17, 15) is 4.79 Å². The minimum absolute atomic E-state index is 0.0575. The Labute approximate surface area is 156 Å². The molecule has 0 heterocycles. The van der Waals surface area contributed by atoms with Crippen molar-refractivity contribution in [3.05, 3.63) is 58.7 Å². The largest absolute Gasteiger partial charge is 0.496 e. The van der Waals surface area contributed by atoms with Crippen LogP contribution in [0.1, 0.15) is 48.6 Å². The lowest BCUT2D eigenvalue weighted by atomic mass is 10.0. The van der Waals surface area contributed by atoms with Gasteiger partial charge in [0.25, 0.3) is 5.91 Å². The fourth-order valence-corrected chi connectivity index (χ4v) is 2.87. The van der Waals surface area contributed by atoms with E-state index >= 15 is 0 Å². The van der Waals surface area contributed by atoms with Crippen LogP contribution in [0.15, 0.2) is 36.4 Å². The summed E-state index contributed by atoms with van der Waals surface area (Å²) in [7, 11) is 1.66. The molecule has 1 N–H and O–H groups in total. The Morgan fingerprint density at radius 1 is 1.04 bits per heavy atom. The first-order chi connectivity index (χ1) is 12.3. The van der Waals surface area contributed by atoms with Crippen molar-refractivity contribution in [3.63, 3.8) is 0 Å². The van der Waals surface area contributed by atoms with Gasteiger partial charge in [-0.05, 0) is 74.6 Å². The molecule has 2 atom stereocenters. The van der Waals surface area contributed by atoms with Crippen LogP contribution in [0.25, 0.3) is 0 Å². The second-order valence-corrected chi connectivity index (χ2v) is 6.70. The van der Waals surface area contributed by atoms with Gasteiger partial charge in [-0.25, -0.2) is 0 Å². The van der Waals surface area contributed by atoms with Crippen molar-refractivity contribution >= 4 is 5.91 Å². The maximum atomic E-state index is 12.6. The molecular weight excluding hydrogens is 326 g/mol. The standard InChI is InChI=1S/C22H29NO3/c1-7-20(18-9-11-21(25-6)16(4)12-18)23-22(24)17(5)26-19-10-8-14(2)15(3)13-19/h8-13,17,20H,7H2,1-6H3,(H,23,24). The van der Waals surface area contributed by atoms with Gasteiger partial charge >= 0.3 is 0 Å². The van der Waals surface area contributed by atoms with Crippen LogP contribution in [0, 0.1) is 20.8 Å². The van der Waals surface area contributed by atoms with Gasteiger partial charge in [0, 0.05) is 0 Å². The molecule has 0 saturated heterocycles. The van der Waals surface area contributed by atoms with Crippen molar-refractivity contribution in [1.82, 2.24) is 5.32 Å². The second kappa shape index (κ2) is 8.75. The average Bonchev–Trinajstić information content (AvgIpc) is 2.62. The number of carbonyl (C=O) groups excluding carboxylic acids is 1. The molecule has 2 unspecified atom stereocenters. The highest BCUT2D eigenvalue weighted by Gasteiger charge is 2.20. The Bertz CT molecular complexity index is 770. The summed E-state index contributed by atoms with van der Waals surface area (Å²) in [5, 5.41) is 3.09. The SMILES string of the molecule is CCC(NC(=O)C(C)Oc1ccc(C)c(C)c1)c1ccc(OC)c(C)c1. The lowest BCUT2D eigenvalue weighted by Gasteiger charge is -2.22. The predicted molar refractivity (Wildman–Crippen MR) is 105 cm³/mol. The fraction of sp³-hybridized carbons (Fsp3) is 0.409. The second-order valence-electron chi connectivity index (χ2n) is 6.70. The minimum atomic E-state index is -0.564. The Morgan fingerprint density at radius 2 is 1.77 bits per heavy atom. The van der Waals surface area contributed by atoms with E-state index < -0.39 is 6.10 Å². The van der Waals surface area contributed by atoms with E-state index in [0.717, 1.165) is 28.9 Å². The number of nitrogens with one attached hydrogen (secondary N) is 1. The van der Waals surface area contributed by atoms with Gasteiger partial charge in [0.15, 0.2) is 6.10 Å². The summed E-state index contributed by atoms with van der Waals surface area (Å²) in [4.78, 5) is 12.6. The molecule has 2 aromatic carbocycles. The highest BCUT2D eigenvalue weighted by molar-refractivity contribution is 5.81. The number of benzene rings is 2. The van der Waals surface area contributed by atoms with Gasteiger partial charge in [-0.15, -0.1) is 0 Å². The molecule has 4 heteroatoms. The monoisotopic (exact) mass is 355 g/mol. The normalized spacial score (nSPS) is 13.0. The number of ether oxygens (including phenoxy) is 2. The van der Waals surface area contributed by atoms with Crippen molar-refractivity contribution in [3.8, 4) is 11.5 Å². The number of hydrogen-bond acceptors (Lipinski definition) is 3. The third kappa shape index (κ3) is 4.78. The van der Waals surface area contributed by atoms with E-state index in [1.807, 2.05) is 44.2 Å². The summed E-state index contributed by atoms with van der Waals surface area (Å²) in [6, 6.07) is 11.8. The molecule has 4 nitrogen and oxygen atoms in total. The predicted octanol–water partition coefficient (Wildman–Crippen LogP) is 4.66. The molecular formula is C22H29NO3. The molecule has 0 saturated carbocycles. The highest BCUT2D eigenvalue weighted by atomic mass is 16.5. The van der Waals surface area contributed by atoms with Gasteiger partial charge in [0.1, 0.15) is 11.5 Å². The molecule has 0 spiro atoms. The highest BCUT2D eigenvalue weighted by Crippen LogP contribution is 2.24. The summed E-state index contributed by atoms with van der Waals surface area (Å²) in [6.07, 6.45) is 0.235. The van der Waals surface area contributed by atoms with Gasteiger partial charge in [-0.1, -0.05) is 25.1 Å². The van der Waals surface area contributed by atoms with E-state index in [2.05, 4.69) is 25.2 Å². The molecule has 0 aliphatic rings. The Morgan fingerprint density at radius 3 is 2.35 bits per heavy atom. The van der Waals surface area contributed by atoms with Crippen LogP contribution in [-0.4, -0.2) is 19.1 Å². The third-order valence-electron chi connectivity index (χ3n) is 4.71. The molecule has 0 aliphatic heterocycles. The van der Waals surface area contributed by atoms with Crippen LogP contribution in [-0.2, 0) is 4.79 Å². The molecule has 0 aliphatic carbocycles. The zero-order valence-corrected chi connectivity index (χ0v) is 16.6. The lowest BCUT2D eigenvalue weighted by molar-refractivity contribution is -0.128. The summed E-state index contributed by atoms with van der Waals surface area (Å²) < 4.78 is 11.1. The molecule has 0 aromatic heterocycles. The number of aryl methyl sites for hydroxylation is 3. The summed E-state index contributed by atoms with van der Waals surface area (Å²) in [5.74, 6) is 1.44. The fourth-order valence-electron chi connectivity index (χ4n) is 2.87. The van der Waals surface area contributed by atoms with Gasteiger partial charge in [0.05, 0.1) is 13.2 Å². The first-order valence-corrected chi connectivity index (χ1v) is 9.04. The van der Waals surface area contributed by atoms with Crippen molar-refractivity contribution in [2.45, 2.75) is 53.2 Å². The van der Waals surface area contributed by atoms with Crippen LogP contribution in [0.3, 0.4) is 0 Å². The van der Waals surface area contributed by atoms with Crippen LogP contribution < -0.4 is 14.8 Å². The van der Waals surface area contributed by atoms with Gasteiger partial charge < -0.3 is 14.8 Å². The van der Waals surface area contributed by atoms with Gasteiger partial charge in [0.2, 0.25) is 0 Å². The molecule has 140 valence electrons. The van der Waals surface area contributed by atoms with Gasteiger partial charge in [-0.2, -0.15) is 0 Å². The Kier molecular flexibility index (Phi) is 6.67. The zero-order chi connectivity index (χ0) is 19.3. The third-order valence-corrected chi connectivity index (χ3v) is 4.71. The maximum Gasteiger partial charge on any atom is 0.261 e. The Hall–Kier alpha value is -2.49. The number of amides is 1. The first kappa shape index (κ1) is 19.8. The number of rotatable bonds is 7. The zero-order valence-electron chi connectivity index (χ0n) is 16.6. The maximum absolute atomic E-state index is 12.6. The summed E-state index contributed by atoms with van der Waals surface area (Å²) in [6.45, 7) is 9.92. The van der Waals surface area contributed by atoms with Crippen LogP contribution in [0.4, 0.5) is 0 Å². The quantitative estimate of drug-likeness (QED) is 0.786. The Balaban J connectivity index is 2.05. The molecule has 1 amide bonds. The van der Waals surface area contributed by atoms with Crippen LogP contribution >= 0.6 is 0 Å². The summed E-state index contributed by atoms with van der Waals surface area (Å²) >= 11 is 0. The molecule has 0 fully saturated rings. The van der Waals surface area contributed by atoms with Crippen molar-refractivity contribution < 1.29 is 14.3 Å². The molecule has 26 heavy (non-hydrogen) atoms. The van der Waals surface area contributed by atoms with Crippen molar-refractivity contribution in [2.75, 3.05) is 7.11 Å². The molecule has 2 aromatic rings. The average molecular weight is 355 g/mol.